The lowest BCUT2D eigenvalue weighted by molar-refractivity contribution is 0.122. The van der Waals surface area contributed by atoms with Crippen LogP contribution in [0.15, 0.2) is 42.5 Å². The molecule has 0 unspecified atom stereocenters. The van der Waals surface area contributed by atoms with Gasteiger partial charge in [0.15, 0.2) is 5.82 Å². The van der Waals surface area contributed by atoms with Crippen LogP contribution in [0.5, 0.6) is 0 Å². The molecule has 0 amide bonds. The van der Waals surface area contributed by atoms with Crippen LogP contribution in [-0.4, -0.2) is 36.3 Å². The molecule has 0 spiro atoms. The van der Waals surface area contributed by atoms with Crippen LogP contribution in [-0.2, 0) is 4.74 Å². The number of anilines is 3. The molecular formula is C18H20N6O. The largest absolute Gasteiger partial charge is 0.378 e. The number of hydrogen-bond donors (Lipinski definition) is 3. The van der Waals surface area contributed by atoms with Gasteiger partial charge < -0.3 is 20.8 Å². The molecule has 1 aliphatic heterocycles. The Kier molecular flexibility index (Phi) is 4.09. The SMILES string of the molecule is NNc1nc(N)nc2ccc(-c3ccc(N4CCOCC4)cc3)cc12. The van der Waals surface area contributed by atoms with Gasteiger partial charge in [-0.3, -0.25) is 0 Å². The van der Waals surface area contributed by atoms with E-state index in [-0.39, 0.29) is 5.95 Å². The summed E-state index contributed by atoms with van der Waals surface area (Å²) in [6.07, 6.45) is 0. The molecule has 25 heavy (non-hydrogen) atoms. The number of ether oxygens (including phenoxy) is 1. The number of fused-ring (bicyclic) bond motifs is 1. The van der Waals surface area contributed by atoms with Crippen molar-refractivity contribution in [2.24, 2.45) is 5.84 Å². The predicted molar refractivity (Wildman–Crippen MR) is 100 cm³/mol. The van der Waals surface area contributed by atoms with Gasteiger partial charge in [0.05, 0.1) is 18.7 Å². The molecule has 3 aromatic rings. The molecule has 2 aromatic carbocycles. The molecule has 4 rings (SSSR count). The number of nitrogens with one attached hydrogen (secondary N) is 1. The Bertz CT molecular complexity index is 890. The van der Waals surface area contributed by atoms with Crippen molar-refractivity contribution in [2.75, 3.05) is 42.4 Å². The molecule has 0 bridgehead atoms. The Morgan fingerprint density at radius 3 is 2.40 bits per heavy atom. The lowest BCUT2D eigenvalue weighted by Crippen LogP contribution is -2.36. The Labute approximate surface area is 145 Å². The van der Waals surface area contributed by atoms with Gasteiger partial charge in [-0.2, -0.15) is 4.98 Å². The van der Waals surface area contributed by atoms with Crippen LogP contribution in [0, 0.1) is 0 Å². The van der Waals surface area contributed by atoms with Crippen LogP contribution < -0.4 is 21.9 Å². The molecular weight excluding hydrogens is 316 g/mol. The van der Waals surface area contributed by atoms with E-state index in [1.54, 1.807) is 0 Å². The number of rotatable bonds is 3. The van der Waals surface area contributed by atoms with E-state index in [0.29, 0.717) is 5.82 Å². The van der Waals surface area contributed by atoms with Crippen LogP contribution in [0.1, 0.15) is 0 Å². The van der Waals surface area contributed by atoms with Gasteiger partial charge in [0.1, 0.15) is 0 Å². The fourth-order valence-electron chi connectivity index (χ4n) is 3.12. The van der Waals surface area contributed by atoms with E-state index < -0.39 is 0 Å². The second-order valence-electron chi connectivity index (χ2n) is 5.95. The van der Waals surface area contributed by atoms with E-state index in [1.807, 2.05) is 18.2 Å². The smallest absolute Gasteiger partial charge is 0.222 e. The Balaban J connectivity index is 1.68. The van der Waals surface area contributed by atoms with Crippen LogP contribution in [0.3, 0.4) is 0 Å². The first kappa shape index (κ1) is 15.6. The average Bonchev–Trinajstić information content (AvgIpc) is 2.68. The van der Waals surface area contributed by atoms with Gasteiger partial charge >= 0.3 is 0 Å². The number of aromatic nitrogens is 2. The van der Waals surface area contributed by atoms with Crippen molar-refractivity contribution in [3.63, 3.8) is 0 Å². The first-order valence-electron chi connectivity index (χ1n) is 8.21. The maximum Gasteiger partial charge on any atom is 0.222 e. The molecule has 1 fully saturated rings. The standard InChI is InChI=1S/C18H20N6O/c19-18-21-16-6-3-13(11-15(16)17(22-18)23-20)12-1-4-14(5-2-12)24-7-9-25-10-8-24/h1-6,11H,7-10,20H2,(H3,19,21,22,23). The first-order chi connectivity index (χ1) is 12.2. The van der Waals surface area contributed by atoms with Gasteiger partial charge in [-0.15, -0.1) is 0 Å². The summed E-state index contributed by atoms with van der Waals surface area (Å²) >= 11 is 0. The van der Waals surface area contributed by atoms with E-state index in [2.05, 4.69) is 44.6 Å². The van der Waals surface area contributed by atoms with E-state index in [4.69, 9.17) is 16.3 Å². The van der Waals surface area contributed by atoms with Gasteiger partial charge in [-0.05, 0) is 35.4 Å². The highest BCUT2D eigenvalue weighted by Crippen LogP contribution is 2.29. The van der Waals surface area contributed by atoms with Crippen molar-refractivity contribution in [2.45, 2.75) is 0 Å². The van der Waals surface area contributed by atoms with E-state index in [0.717, 1.165) is 48.3 Å². The summed E-state index contributed by atoms with van der Waals surface area (Å²) in [5, 5.41) is 0.839. The van der Waals surface area contributed by atoms with Crippen LogP contribution >= 0.6 is 0 Å². The number of nitrogens with zero attached hydrogens (tertiary/aromatic N) is 3. The van der Waals surface area contributed by atoms with Gasteiger partial charge in [0.25, 0.3) is 0 Å². The molecule has 0 radical (unpaired) electrons. The number of benzene rings is 2. The van der Waals surface area contributed by atoms with E-state index in [9.17, 15) is 0 Å². The summed E-state index contributed by atoms with van der Waals surface area (Å²) in [4.78, 5) is 10.7. The molecule has 1 aliphatic rings. The van der Waals surface area contributed by atoms with Crippen molar-refractivity contribution >= 4 is 28.4 Å². The van der Waals surface area contributed by atoms with Gasteiger partial charge in [0.2, 0.25) is 5.95 Å². The number of morpholine rings is 1. The summed E-state index contributed by atoms with van der Waals surface area (Å²) < 4.78 is 5.41. The predicted octanol–water partition coefficient (Wildman–Crippen LogP) is 2.00. The molecule has 5 N–H and O–H groups in total. The van der Waals surface area contributed by atoms with Crippen molar-refractivity contribution in [1.29, 1.82) is 0 Å². The minimum atomic E-state index is 0.197. The lowest BCUT2D eigenvalue weighted by Gasteiger charge is -2.28. The molecule has 7 heteroatoms. The van der Waals surface area contributed by atoms with Crippen molar-refractivity contribution in [3.8, 4) is 11.1 Å². The maximum absolute atomic E-state index is 5.71. The highest BCUT2D eigenvalue weighted by molar-refractivity contribution is 5.93. The topological polar surface area (TPSA) is 102 Å². The van der Waals surface area contributed by atoms with E-state index in [1.165, 1.54) is 5.69 Å². The summed E-state index contributed by atoms with van der Waals surface area (Å²) in [6, 6.07) is 14.5. The van der Waals surface area contributed by atoms with E-state index >= 15 is 0 Å². The number of nitrogen functional groups attached to an aromatic ring is 2. The van der Waals surface area contributed by atoms with Crippen LogP contribution in [0.4, 0.5) is 17.5 Å². The second kappa shape index (κ2) is 6.54. The monoisotopic (exact) mass is 336 g/mol. The first-order valence-corrected chi connectivity index (χ1v) is 8.21. The lowest BCUT2D eigenvalue weighted by atomic mass is 10.0. The molecule has 128 valence electrons. The normalized spacial score (nSPS) is 14.7. The second-order valence-corrected chi connectivity index (χ2v) is 5.95. The fourth-order valence-corrected chi connectivity index (χ4v) is 3.12. The number of hydrogen-bond acceptors (Lipinski definition) is 7. The van der Waals surface area contributed by atoms with Gasteiger partial charge in [-0.1, -0.05) is 18.2 Å². The Hall–Kier alpha value is -2.90. The minimum absolute atomic E-state index is 0.197. The highest BCUT2D eigenvalue weighted by atomic mass is 16.5. The summed E-state index contributed by atoms with van der Waals surface area (Å²) in [6.45, 7) is 3.42. The van der Waals surface area contributed by atoms with Gasteiger partial charge in [-0.25, -0.2) is 10.8 Å². The third kappa shape index (κ3) is 3.07. The maximum atomic E-state index is 5.71. The van der Waals surface area contributed by atoms with Crippen LogP contribution in [0.2, 0.25) is 0 Å². The van der Waals surface area contributed by atoms with Crippen molar-refractivity contribution in [3.05, 3.63) is 42.5 Å². The summed E-state index contributed by atoms with van der Waals surface area (Å²) in [7, 11) is 0. The summed E-state index contributed by atoms with van der Waals surface area (Å²) in [5.41, 5.74) is 12.5. The minimum Gasteiger partial charge on any atom is -0.378 e. The molecule has 7 nitrogen and oxygen atoms in total. The summed E-state index contributed by atoms with van der Waals surface area (Å²) in [5.74, 6) is 6.28. The zero-order valence-electron chi connectivity index (χ0n) is 13.8. The zero-order chi connectivity index (χ0) is 17.2. The highest BCUT2D eigenvalue weighted by Gasteiger charge is 2.12. The third-order valence-corrected chi connectivity index (χ3v) is 4.43. The van der Waals surface area contributed by atoms with Crippen molar-refractivity contribution < 1.29 is 4.74 Å². The molecule has 2 heterocycles. The average molecular weight is 336 g/mol. The molecule has 1 aromatic heterocycles. The molecule has 0 aliphatic carbocycles. The molecule has 1 saturated heterocycles. The van der Waals surface area contributed by atoms with Crippen LogP contribution in [0.25, 0.3) is 22.0 Å². The molecule has 0 atom stereocenters. The van der Waals surface area contributed by atoms with Crippen molar-refractivity contribution in [1.82, 2.24) is 9.97 Å². The molecule has 0 saturated carbocycles. The fraction of sp³-hybridized carbons (Fsp3) is 0.222. The zero-order valence-corrected chi connectivity index (χ0v) is 13.8. The number of hydrazine groups is 1. The third-order valence-electron chi connectivity index (χ3n) is 4.43. The Morgan fingerprint density at radius 2 is 1.68 bits per heavy atom. The quantitative estimate of drug-likeness (QED) is 0.496. The van der Waals surface area contributed by atoms with Gasteiger partial charge in [0, 0.05) is 24.2 Å². The Morgan fingerprint density at radius 1 is 0.960 bits per heavy atom. The number of nitrogens with two attached hydrogens (primary N) is 2.